The van der Waals surface area contributed by atoms with Crippen molar-refractivity contribution >= 4 is 22.2 Å². The third-order valence-corrected chi connectivity index (χ3v) is 4.56. The maximum absolute atomic E-state index is 4.37. The van der Waals surface area contributed by atoms with Crippen molar-refractivity contribution in [2.75, 3.05) is 0 Å². The largest absolute Gasteiger partial charge is 0.341 e. The molecule has 0 bridgehead atoms. The van der Waals surface area contributed by atoms with Crippen LogP contribution in [-0.2, 0) is 13.1 Å². The van der Waals surface area contributed by atoms with E-state index in [4.69, 9.17) is 0 Å². The lowest BCUT2D eigenvalue weighted by atomic mass is 10.1. The van der Waals surface area contributed by atoms with Crippen LogP contribution < -0.4 is 5.32 Å². The maximum atomic E-state index is 4.37. The fraction of sp³-hybridized carbons (Fsp3) is 0.312. The lowest BCUT2D eigenvalue weighted by molar-refractivity contribution is 0.688. The molecule has 102 valence electrons. The van der Waals surface area contributed by atoms with E-state index < -0.39 is 0 Å². The minimum Gasteiger partial charge on any atom is -0.341 e. The van der Waals surface area contributed by atoms with E-state index in [1.165, 1.54) is 29.3 Å². The molecule has 0 spiro atoms. The summed E-state index contributed by atoms with van der Waals surface area (Å²) in [6.45, 7) is 1.84. The minimum absolute atomic E-state index is 0.757. The summed E-state index contributed by atoms with van der Waals surface area (Å²) in [6, 6.07) is 9.69. The van der Waals surface area contributed by atoms with Crippen molar-refractivity contribution in [1.29, 1.82) is 0 Å². The highest BCUT2D eigenvalue weighted by atomic mass is 32.1. The van der Waals surface area contributed by atoms with Gasteiger partial charge in [-0.1, -0.05) is 12.1 Å². The summed E-state index contributed by atoms with van der Waals surface area (Å²) in [4.78, 5) is 4.37. The molecule has 1 N–H and O–H groups in total. The Labute approximate surface area is 122 Å². The van der Waals surface area contributed by atoms with Crippen LogP contribution >= 0.6 is 11.3 Å². The molecule has 0 atom stereocenters. The summed E-state index contributed by atoms with van der Waals surface area (Å²) >= 11 is 1.71. The van der Waals surface area contributed by atoms with Crippen molar-refractivity contribution < 1.29 is 0 Å². The Balaban J connectivity index is 1.61. The Bertz CT molecular complexity index is 710. The molecule has 2 heterocycles. The topological polar surface area (TPSA) is 29.9 Å². The van der Waals surface area contributed by atoms with Crippen LogP contribution in [0, 0.1) is 0 Å². The van der Waals surface area contributed by atoms with Gasteiger partial charge in [0, 0.05) is 35.9 Å². The number of thiazole rings is 1. The van der Waals surface area contributed by atoms with Crippen LogP contribution in [-0.4, -0.2) is 15.6 Å². The van der Waals surface area contributed by atoms with Crippen molar-refractivity contribution in [2.24, 2.45) is 0 Å². The van der Waals surface area contributed by atoms with E-state index in [1.807, 2.05) is 11.6 Å². The van der Waals surface area contributed by atoms with Crippen LogP contribution in [0.1, 0.15) is 23.4 Å². The van der Waals surface area contributed by atoms with Crippen LogP contribution in [0.5, 0.6) is 0 Å². The molecule has 0 amide bonds. The van der Waals surface area contributed by atoms with E-state index in [0.717, 1.165) is 24.1 Å². The van der Waals surface area contributed by atoms with Gasteiger partial charge in [0.2, 0.25) is 0 Å². The second-order valence-corrected chi connectivity index (χ2v) is 6.40. The molecule has 0 saturated heterocycles. The van der Waals surface area contributed by atoms with Gasteiger partial charge in [0.25, 0.3) is 0 Å². The number of hydrogen-bond donors (Lipinski definition) is 1. The molecule has 0 unspecified atom stereocenters. The van der Waals surface area contributed by atoms with Crippen LogP contribution in [0.25, 0.3) is 10.9 Å². The van der Waals surface area contributed by atoms with Crippen molar-refractivity contribution in [1.82, 2.24) is 14.9 Å². The van der Waals surface area contributed by atoms with Crippen molar-refractivity contribution in [3.8, 4) is 0 Å². The van der Waals surface area contributed by atoms with E-state index >= 15 is 0 Å². The number of fused-ring (bicyclic) bond motifs is 1. The second-order valence-electron chi connectivity index (χ2n) is 5.42. The minimum atomic E-state index is 0.757. The normalized spacial score (nSPS) is 15.0. The van der Waals surface area contributed by atoms with E-state index in [9.17, 15) is 0 Å². The highest BCUT2D eigenvalue weighted by molar-refractivity contribution is 7.09. The summed E-state index contributed by atoms with van der Waals surface area (Å²) in [7, 11) is 0. The van der Waals surface area contributed by atoms with Crippen molar-refractivity contribution in [3.05, 3.63) is 52.6 Å². The summed E-state index contributed by atoms with van der Waals surface area (Å²) < 4.78 is 2.29. The zero-order valence-electron chi connectivity index (χ0n) is 11.2. The van der Waals surface area contributed by atoms with E-state index in [2.05, 4.69) is 45.3 Å². The molecule has 3 aromatic rings. The van der Waals surface area contributed by atoms with Crippen molar-refractivity contribution in [2.45, 2.75) is 32.0 Å². The van der Waals surface area contributed by atoms with Crippen molar-refractivity contribution in [3.63, 3.8) is 0 Å². The van der Waals surface area contributed by atoms with Gasteiger partial charge in [0.05, 0.1) is 6.54 Å². The molecule has 1 aliphatic carbocycles. The predicted octanol–water partition coefficient (Wildman–Crippen LogP) is 3.40. The van der Waals surface area contributed by atoms with Crippen LogP contribution in [0.2, 0.25) is 0 Å². The lowest BCUT2D eigenvalue weighted by Crippen LogP contribution is -2.15. The number of nitrogens with zero attached hydrogens (tertiary/aromatic N) is 2. The molecular formula is C16H17N3S. The predicted molar refractivity (Wildman–Crippen MR) is 83.0 cm³/mol. The summed E-state index contributed by atoms with van der Waals surface area (Å²) in [5.41, 5.74) is 2.67. The lowest BCUT2D eigenvalue weighted by Gasteiger charge is -2.06. The number of benzene rings is 1. The molecule has 0 radical (unpaired) electrons. The molecule has 0 aliphatic heterocycles. The molecule has 1 fully saturated rings. The van der Waals surface area contributed by atoms with Crippen LogP contribution in [0.3, 0.4) is 0 Å². The second kappa shape index (κ2) is 5.04. The summed E-state index contributed by atoms with van der Waals surface area (Å²) in [5.74, 6) is 0. The smallest absolute Gasteiger partial charge is 0.112 e. The maximum Gasteiger partial charge on any atom is 0.112 e. The average molecular weight is 283 g/mol. The highest BCUT2D eigenvalue weighted by Crippen LogP contribution is 2.22. The first-order chi connectivity index (χ1) is 9.88. The highest BCUT2D eigenvalue weighted by Gasteiger charge is 2.19. The number of nitrogens with one attached hydrogen (secondary N) is 1. The molecule has 20 heavy (non-hydrogen) atoms. The Morgan fingerprint density at radius 2 is 2.25 bits per heavy atom. The molecule has 4 rings (SSSR count). The summed E-state index contributed by atoms with van der Waals surface area (Å²) in [6.07, 6.45) is 6.70. The van der Waals surface area contributed by atoms with Gasteiger partial charge >= 0.3 is 0 Å². The van der Waals surface area contributed by atoms with E-state index in [0.29, 0.717) is 0 Å². The van der Waals surface area contributed by atoms with Gasteiger partial charge in [0.1, 0.15) is 5.01 Å². The molecule has 1 aliphatic rings. The fourth-order valence-electron chi connectivity index (χ4n) is 2.50. The molecular weight excluding hydrogens is 266 g/mol. The first kappa shape index (κ1) is 12.1. The van der Waals surface area contributed by atoms with Gasteiger partial charge in [-0.2, -0.15) is 0 Å². The Kier molecular flexibility index (Phi) is 3.05. The average Bonchev–Trinajstić information content (AvgIpc) is 3.01. The molecule has 1 saturated carbocycles. The molecule has 3 nitrogen and oxygen atoms in total. The number of aromatic nitrogens is 2. The zero-order chi connectivity index (χ0) is 13.4. The third kappa shape index (κ3) is 2.49. The van der Waals surface area contributed by atoms with Gasteiger partial charge in [-0.05, 0) is 35.9 Å². The van der Waals surface area contributed by atoms with E-state index in [-0.39, 0.29) is 0 Å². The number of rotatable bonds is 5. The Morgan fingerprint density at radius 3 is 3.05 bits per heavy atom. The Hall–Kier alpha value is -1.65. The van der Waals surface area contributed by atoms with Gasteiger partial charge in [0.15, 0.2) is 0 Å². The zero-order valence-corrected chi connectivity index (χ0v) is 12.1. The molecule has 4 heteroatoms. The van der Waals surface area contributed by atoms with Gasteiger partial charge < -0.3 is 9.88 Å². The fourth-order valence-corrected chi connectivity index (χ4v) is 3.12. The molecule has 1 aromatic carbocycles. The van der Waals surface area contributed by atoms with Gasteiger partial charge in [-0.25, -0.2) is 4.98 Å². The monoisotopic (exact) mass is 283 g/mol. The van der Waals surface area contributed by atoms with Gasteiger partial charge in [-0.15, -0.1) is 11.3 Å². The summed E-state index contributed by atoms with van der Waals surface area (Å²) in [5, 5.41) is 8.07. The molecule has 2 aromatic heterocycles. The van der Waals surface area contributed by atoms with Crippen LogP contribution in [0.15, 0.2) is 42.0 Å². The van der Waals surface area contributed by atoms with E-state index in [1.54, 1.807) is 11.3 Å². The quantitative estimate of drug-likeness (QED) is 0.778. The standard InChI is InChI=1S/C16H17N3S/c1-2-13-5-7-19(11-16-17-6-8-20-16)15(13)9-12(1)10-18-14-3-4-14/h1-2,5-9,14,18H,3-4,10-11H2. The van der Waals surface area contributed by atoms with Gasteiger partial charge in [-0.3, -0.25) is 0 Å². The SMILES string of the molecule is c1csc(Cn2ccc3ccc(CNC4CC4)cc32)n1. The number of hydrogen-bond acceptors (Lipinski definition) is 3. The Morgan fingerprint density at radius 1 is 1.30 bits per heavy atom. The first-order valence-corrected chi connectivity index (χ1v) is 7.96. The van der Waals surface area contributed by atoms with Crippen LogP contribution in [0.4, 0.5) is 0 Å². The first-order valence-electron chi connectivity index (χ1n) is 7.08. The third-order valence-electron chi connectivity index (χ3n) is 3.80.